The number of carbonyl (C=O) groups is 1. The molecule has 4 N–H and O–H groups in total. The number of benzene rings is 1. The van der Waals surface area contributed by atoms with E-state index in [-0.39, 0.29) is 0 Å². The maximum Gasteiger partial charge on any atom is 0.326 e. The fourth-order valence-corrected chi connectivity index (χ4v) is 2.79. The molecule has 0 saturated carbocycles. The van der Waals surface area contributed by atoms with Crippen LogP contribution in [0, 0.1) is 0 Å². The molecule has 2 rings (SSSR count). The van der Waals surface area contributed by atoms with Gasteiger partial charge < -0.3 is 16.2 Å². The van der Waals surface area contributed by atoms with E-state index in [2.05, 4.69) is 42.2 Å². The van der Waals surface area contributed by atoms with Crippen molar-refractivity contribution in [3.8, 4) is 0 Å². The maximum absolute atomic E-state index is 10.8. The van der Waals surface area contributed by atoms with E-state index in [1.165, 1.54) is 11.3 Å². The van der Waals surface area contributed by atoms with E-state index in [9.17, 15) is 4.79 Å². The number of rotatable bonds is 4. The number of nitrogens with two attached hydrogens (primary N) is 1. The van der Waals surface area contributed by atoms with Crippen LogP contribution in [-0.4, -0.2) is 16.1 Å². The number of aliphatic carboxylic acids is 1. The zero-order valence-electron chi connectivity index (χ0n) is 9.43. The third-order valence-corrected chi connectivity index (χ3v) is 4.24. The molecule has 0 amide bonds. The Labute approximate surface area is 130 Å². The normalized spacial score (nSPS) is 12.2. The highest BCUT2D eigenvalue weighted by Crippen LogP contribution is 2.30. The number of halogens is 2. The van der Waals surface area contributed by atoms with Crippen LogP contribution in [0.3, 0.4) is 0 Å². The van der Waals surface area contributed by atoms with E-state index >= 15 is 0 Å². The van der Waals surface area contributed by atoms with Gasteiger partial charge in [0, 0.05) is 14.3 Å². The van der Waals surface area contributed by atoms with Crippen molar-refractivity contribution in [3.63, 3.8) is 0 Å². The van der Waals surface area contributed by atoms with Crippen molar-refractivity contribution in [2.75, 3.05) is 5.32 Å². The van der Waals surface area contributed by atoms with Crippen molar-refractivity contribution < 1.29 is 9.90 Å². The fourth-order valence-electron chi connectivity index (χ4n) is 1.32. The van der Waals surface area contributed by atoms with Crippen molar-refractivity contribution >= 4 is 60.0 Å². The van der Waals surface area contributed by atoms with Gasteiger partial charge in [-0.3, -0.25) is 4.79 Å². The number of nitrogens with zero attached hydrogens (tertiary/aromatic N) is 1. The second-order valence-electron chi connectivity index (χ2n) is 3.64. The number of carboxylic acids is 1. The Kier molecular flexibility index (Phi) is 4.56. The van der Waals surface area contributed by atoms with Crippen LogP contribution in [0.15, 0.2) is 32.5 Å². The molecule has 100 valence electrons. The van der Waals surface area contributed by atoms with Gasteiger partial charge >= 0.3 is 5.97 Å². The summed E-state index contributed by atoms with van der Waals surface area (Å²) in [5.74, 6) is -1.10. The van der Waals surface area contributed by atoms with Gasteiger partial charge in [-0.2, -0.15) is 0 Å². The standard InChI is InChI=1S/C11H9Br2N3O2S/c12-5-1-2-6(13)7(3-5)15-11-16-8(4-19-11)9(14)10(17)18/h1-4,9H,14H2,(H,15,16)(H,17,18). The summed E-state index contributed by atoms with van der Waals surface area (Å²) in [4.78, 5) is 14.9. The SMILES string of the molecule is NC(C(=O)O)c1csc(Nc2cc(Br)ccc2Br)n1. The molecule has 0 saturated heterocycles. The molecule has 0 fully saturated rings. The van der Waals surface area contributed by atoms with Crippen LogP contribution >= 0.6 is 43.2 Å². The van der Waals surface area contributed by atoms with Gasteiger partial charge in [-0.25, -0.2) is 4.98 Å². The summed E-state index contributed by atoms with van der Waals surface area (Å²) >= 11 is 8.11. The summed E-state index contributed by atoms with van der Waals surface area (Å²) < 4.78 is 1.81. The predicted molar refractivity (Wildman–Crippen MR) is 81.8 cm³/mol. The van der Waals surface area contributed by atoms with E-state index < -0.39 is 12.0 Å². The Balaban J connectivity index is 2.20. The Morgan fingerprint density at radius 2 is 2.21 bits per heavy atom. The molecule has 0 bridgehead atoms. The maximum atomic E-state index is 10.8. The number of hydrogen-bond acceptors (Lipinski definition) is 5. The number of carboxylic acid groups (broad SMARTS) is 1. The van der Waals surface area contributed by atoms with Gasteiger partial charge in [0.1, 0.15) is 6.04 Å². The topological polar surface area (TPSA) is 88.2 Å². The zero-order valence-corrected chi connectivity index (χ0v) is 13.4. The Morgan fingerprint density at radius 3 is 2.89 bits per heavy atom. The third kappa shape index (κ3) is 3.53. The van der Waals surface area contributed by atoms with Crippen LogP contribution in [0.2, 0.25) is 0 Å². The van der Waals surface area contributed by atoms with Crippen LogP contribution in [-0.2, 0) is 4.79 Å². The highest BCUT2D eigenvalue weighted by molar-refractivity contribution is 9.11. The largest absolute Gasteiger partial charge is 0.480 e. The fraction of sp³-hybridized carbons (Fsp3) is 0.0909. The lowest BCUT2D eigenvalue weighted by Crippen LogP contribution is -2.20. The van der Waals surface area contributed by atoms with Gasteiger partial charge in [-0.1, -0.05) is 15.9 Å². The quantitative estimate of drug-likeness (QED) is 0.723. The predicted octanol–water partition coefficient (Wildman–Crippen LogP) is 3.50. The van der Waals surface area contributed by atoms with Crippen molar-refractivity contribution in [1.82, 2.24) is 4.98 Å². The van der Waals surface area contributed by atoms with Crippen molar-refractivity contribution in [1.29, 1.82) is 0 Å². The number of anilines is 2. The van der Waals surface area contributed by atoms with Crippen LogP contribution in [0.25, 0.3) is 0 Å². The molecule has 8 heteroatoms. The molecule has 19 heavy (non-hydrogen) atoms. The monoisotopic (exact) mass is 405 g/mol. The Morgan fingerprint density at radius 1 is 1.47 bits per heavy atom. The first-order valence-corrected chi connectivity index (χ1v) is 7.60. The molecule has 0 aliphatic carbocycles. The van der Waals surface area contributed by atoms with E-state index in [1.54, 1.807) is 5.38 Å². The molecular weight excluding hydrogens is 398 g/mol. The lowest BCUT2D eigenvalue weighted by molar-refractivity contribution is -0.138. The first-order valence-electron chi connectivity index (χ1n) is 5.13. The minimum Gasteiger partial charge on any atom is -0.480 e. The molecule has 5 nitrogen and oxygen atoms in total. The Hall–Kier alpha value is -0.960. The summed E-state index contributed by atoms with van der Waals surface area (Å²) in [5.41, 5.74) is 6.67. The van der Waals surface area contributed by atoms with Crippen molar-refractivity contribution in [2.24, 2.45) is 5.73 Å². The average molecular weight is 407 g/mol. The summed E-state index contributed by atoms with van der Waals surface area (Å²) in [7, 11) is 0. The molecule has 0 spiro atoms. The average Bonchev–Trinajstić information content (AvgIpc) is 2.81. The van der Waals surface area contributed by atoms with Gasteiger partial charge in [0.05, 0.1) is 11.4 Å². The highest BCUT2D eigenvalue weighted by Gasteiger charge is 2.17. The van der Waals surface area contributed by atoms with Crippen LogP contribution in [0.4, 0.5) is 10.8 Å². The molecule has 1 unspecified atom stereocenters. The molecule has 1 aromatic carbocycles. The van der Waals surface area contributed by atoms with E-state index in [4.69, 9.17) is 10.8 Å². The number of hydrogen-bond donors (Lipinski definition) is 3. The summed E-state index contributed by atoms with van der Waals surface area (Å²) in [5, 5.41) is 14.2. The first-order chi connectivity index (χ1) is 8.97. The van der Waals surface area contributed by atoms with Crippen LogP contribution in [0.1, 0.15) is 11.7 Å². The summed E-state index contributed by atoms with van der Waals surface area (Å²) in [6.07, 6.45) is 0. The number of aromatic nitrogens is 1. The molecule has 0 aliphatic heterocycles. The first kappa shape index (κ1) is 14.4. The second-order valence-corrected chi connectivity index (χ2v) is 6.27. The summed E-state index contributed by atoms with van der Waals surface area (Å²) in [6.45, 7) is 0. The molecule has 1 heterocycles. The molecular formula is C11H9Br2N3O2S. The number of nitrogens with one attached hydrogen (secondary N) is 1. The molecule has 2 aromatic rings. The minimum atomic E-state index is -1.10. The lowest BCUT2D eigenvalue weighted by Gasteiger charge is -2.06. The van der Waals surface area contributed by atoms with Crippen LogP contribution in [0.5, 0.6) is 0 Å². The molecule has 1 aromatic heterocycles. The second kappa shape index (κ2) is 6.00. The van der Waals surface area contributed by atoms with Gasteiger partial charge in [0.15, 0.2) is 5.13 Å². The van der Waals surface area contributed by atoms with Gasteiger partial charge in [-0.15, -0.1) is 11.3 Å². The van der Waals surface area contributed by atoms with E-state index in [1.807, 2.05) is 18.2 Å². The lowest BCUT2D eigenvalue weighted by atomic mass is 10.2. The molecule has 1 atom stereocenters. The molecule has 0 radical (unpaired) electrons. The van der Waals surface area contributed by atoms with Gasteiger partial charge in [0.25, 0.3) is 0 Å². The van der Waals surface area contributed by atoms with Crippen LogP contribution < -0.4 is 11.1 Å². The highest BCUT2D eigenvalue weighted by atomic mass is 79.9. The van der Waals surface area contributed by atoms with E-state index in [0.29, 0.717) is 10.8 Å². The van der Waals surface area contributed by atoms with E-state index in [0.717, 1.165) is 14.6 Å². The van der Waals surface area contributed by atoms with Gasteiger partial charge in [-0.05, 0) is 34.1 Å². The van der Waals surface area contributed by atoms with Crippen molar-refractivity contribution in [2.45, 2.75) is 6.04 Å². The smallest absolute Gasteiger partial charge is 0.326 e. The number of thiazole rings is 1. The van der Waals surface area contributed by atoms with Crippen molar-refractivity contribution in [3.05, 3.63) is 38.2 Å². The Bertz CT molecular complexity index is 618. The zero-order chi connectivity index (χ0) is 14.0. The third-order valence-electron chi connectivity index (χ3n) is 2.28. The molecule has 0 aliphatic rings. The van der Waals surface area contributed by atoms with Gasteiger partial charge in [0.2, 0.25) is 0 Å². The summed E-state index contributed by atoms with van der Waals surface area (Å²) in [6, 6.07) is 4.59. The minimum absolute atomic E-state index is 0.339.